The summed E-state index contributed by atoms with van der Waals surface area (Å²) in [6.07, 6.45) is 2.96. The molecule has 3 rings (SSSR count). The molecule has 0 aromatic heterocycles. The summed E-state index contributed by atoms with van der Waals surface area (Å²) in [7, 11) is 0. The van der Waals surface area contributed by atoms with Crippen molar-refractivity contribution in [1.82, 2.24) is 0 Å². The molecule has 1 aliphatic heterocycles. The maximum Gasteiger partial charge on any atom is 0.120 e. The third-order valence-corrected chi connectivity index (χ3v) is 4.87. The average Bonchev–Trinajstić information content (AvgIpc) is 2.63. The fraction of sp³-hybridized carbons (Fsp3) is 0.350. The molecule has 120 valence electrons. The molecule has 1 saturated heterocycles. The fourth-order valence-corrected chi connectivity index (χ4v) is 3.76. The van der Waals surface area contributed by atoms with Gasteiger partial charge in [-0.05, 0) is 6.42 Å². The van der Waals surface area contributed by atoms with E-state index < -0.39 is 0 Å². The lowest BCUT2D eigenvalue weighted by molar-refractivity contribution is -0.742. The minimum Gasteiger partial charge on any atom is -0.411 e. The van der Waals surface area contributed by atoms with E-state index in [-0.39, 0.29) is 0 Å². The van der Waals surface area contributed by atoms with Gasteiger partial charge in [-0.2, -0.15) is 0 Å². The predicted octanol–water partition coefficient (Wildman–Crippen LogP) is 3.68. The van der Waals surface area contributed by atoms with E-state index in [1.165, 1.54) is 11.1 Å². The third-order valence-electron chi connectivity index (χ3n) is 4.87. The van der Waals surface area contributed by atoms with Crippen LogP contribution in [0.25, 0.3) is 0 Å². The topological polar surface area (TPSA) is 49.2 Å². The van der Waals surface area contributed by atoms with Gasteiger partial charge in [-0.1, -0.05) is 79.2 Å². The second-order valence-electron chi connectivity index (χ2n) is 6.34. The summed E-state index contributed by atoms with van der Waals surface area (Å²) in [5.41, 5.74) is 3.55. The number of hydrogen-bond acceptors (Lipinski definition) is 2. The number of piperidine rings is 1. The summed E-state index contributed by atoms with van der Waals surface area (Å²) in [6.45, 7) is 2.19. The maximum atomic E-state index is 9.59. The van der Waals surface area contributed by atoms with E-state index >= 15 is 0 Å². The van der Waals surface area contributed by atoms with Gasteiger partial charge in [0.05, 0.1) is 11.6 Å². The summed E-state index contributed by atoms with van der Waals surface area (Å²) in [6, 6.07) is 21.8. The number of hydrogen-bond donors (Lipinski definition) is 2. The van der Waals surface area contributed by atoms with Gasteiger partial charge in [0.15, 0.2) is 0 Å². The van der Waals surface area contributed by atoms with E-state index in [0.29, 0.717) is 18.0 Å². The standard InChI is InChI=1S/C20H24N2O/c1-2-9-17-19(22-23)14-18(15-10-5-3-6-11-15)21-20(17)16-12-7-4-8-13-16/h3-8,10-13,17-18,20-21,23H,2,9,14H2,1H3/p+1/t17-,18+,20-/m1/s1. The molecule has 3 atom stereocenters. The molecule has 0 aliphatic carbocycles. The lowest BCUT2D eigenvalue weighted by atomic mass is 9.78. The second kappa shape index (κ2) is 7.42. The average molecular weight is 309 g/mol. The van der Waals surface area contributed by atoms with Crippen LogP contribution in [0.1, 0.15) is 49.4 Å². The Kier molecular flexibility index (Phi) is 5.09. The van der Waals surface area contributed by atoms with Crippen molar-refractivity contribution in [3.8, 4) is 0 Å². The minimum absolute atomic E-state index is 0.298. The molecule has 2 aromatic rings. The molecular formula is C20H25N2O+. The number of nitrogens with two attached hydrogens (primary N) is 1. The zero-order valence-electron chi connectivity index (χ0n) is 13.6. The van der Waals surface area contributed by atoms with Crippen LogP contribution >= 0.6 is 0 Å². The molecule has 1 aliphatic rings. The number of nitrogens with zero attached hydrogens (tertiary/aromatic N) is 1. The highest BCUT2D eigenvalue weighted by atomic mass is 16.4. The Hall–Kier alpha value is -2.13. The van der Waals surface area contributed by atoms with Crippen molar-refractivity contribution >= 4 is 5.71 Å². The summed E-state index contributed by atoms with van der Waals surface area (Å²) >= 11 is 0. The van der Waals surface area contributed by atoms with E-state index in [9.17, 15) is 5.21 Å². The van der Waals surface area contributed by atoms with E-state index in [1.807, 2.05) is 6.07 Å². The lowest BCUT2D eigenvalue weighted by Gasteiger charge is -2.35. The van der Waals surface area contributed by atoms with Crippen LogP contribution in [0.15, 0.2) is 65.8 Å². The van der Waals surface area contributed by atoms with Crippen LogP contribution in [-0.2, 0) is 0 Å². The molecule has 2 aromatic carbocycles. The molecule has 3 nitrogen and oxygen atoms in total. The molecule has 1 heterocycles. The normalized spacial score (nSPS) is 26.3. The van der Waals surface area contributed by atoms with Gasteiger partial charge in [0.1, 0.15) is 12.1 Å². The first-order chi connectivity index (χ1) is 11.3. The Labute approximate surface area is 138 Å². The van der Waals surface area contributed by atoms with Crippen LogP contribution in [0, 0.1) is 5.92 Å². The van der Waals surface area contributed by atoms with Crippen molar-refractivity contribution < 1.29 is 10.5 Å². The molecule has 1 fully saturated rings. The first-order valence-electron chi connectivity index (χ1n) is 8.49. The Balaban J connectivity index is 1.95. The third kappa shape index (κ3) is 3.45. The van der Waals surface area contributed by atoms with E-state index in [0.717, 1.165) is 25.0 Å². The van der Waals surface area contributed by atoms with Crippen LogP contribution in [0.5, 0.6) is 0 Å². The first-order valence-corrected chi connectivity index (χ1v) is 8.49. The minimum atomic E-state index is 0.298. The van der Waals surface area contributed by atoms with Crippen molar-refractivity contribution in [1.29, 1.82) is 0 Å². The molecule has 0 spiro atoms. The molecule has 0 radical (unpaired) electrons. The zero-order valence-corrected chi connectivity index (χ0v) is 13.6. The van der Waals surface area contributed by atoms with Gasteiger partial charge in [-0.25, -0.2) is 0 Å². The lowest BCUT2D eigenvalue weighted by Crippen LogP contribution is -2.90. The Morgan fingerprint density at radius 2 is 1.61 bits per heavy atom. The quantitative estimate of drug-likeness (QED) is 0.657. The zero-order chi connectivity index (χ0) is 16.1. The maximum absolute atomic E-state index is 9.59. The predicted molar refractivity (Wildman–Crippen MR) is 92.5 cm³/mol. The molecule has 0 unspecified atom stereocenters. The van der Waals surface area contributed by atoms with Crippen LogP contribution in [-0.4, -0.2) is 10.9 Å². The molecule has 3 heteroatoms. The van der Waals surface area contributed by atoms with Gasteiger partial charge in [-0.15, -0.1) is 0 Å². The van der Waals surface area contributed by atoms with Crippen LogP contribution in [0.3, 0.4) is 0 Å². The molecule has 23 heavy (non-hydrogen) atoms. The highest BCUT2D eigenvalue weighted by Gasteiger charge is 2.39. The SMILES string of the molecule is CCC[C@@H]1C(=NO)C[C@@H](c2ccccc2)[NH2+][C@@H]1c1ccccc1. The largest absolute Gasteiger partial charge is 0.411 e. The van der Waals surface area contributed by atoms with Gasteiger partial charge in [0, 0.05) is 17.5 Å². The summed E-state index contributed by atoms with van der Waals surface area (Å²) in [5.74, 6) is 0.298. The fourth-order valence-electron chi connectivity index (χ4n) is 3.76. The summed E-state index contributed by atoms with van der Waals surface area (Å²) < 4.78 is 0. The van der Waals surface area contributed by atoms with Crippen LogP contribution in [0.4, 0.5) is 0 Å². The summed E-state index contributed by atoms with van der Waals surface area (Å²) in [4.78, 5) is 0. The highest BCUT2D eigenvalue weighted by molar-refractivity contribution is 5.88. The molecule has 0 bridgehead atoms. The van der Waals surface area contributed by atoms with Crippen molar-refractivity contribution in [3.05, 3.63) is 71.8 Å². The van der Waals surface area contributed by atoms with Gasteiger partial charge in [0.2, 0.25) is 0 Å². The van der Waals surface area contributed by atoms with Gasteiger partial charge >= 0.3 is 0 Å². The van der Waals surface area contributed by atoms with Gasteiger partial charge < -0.3 is 10.5 Å². The first kappa shape index (κ1) is 15.8. The van der Waals surface area contributed by atoms with Crippen molar-refractivity contribution in [2.45, 2.75) is 38.3 Å². The molecule has 0 amide bonds. The van der Waals surface area contributed by atoms with Gasteiger partial charge in [-0.3, -0.25) is 0 Å². The summed E-state index contributed by atoms with van der Waals surface area (Å²) in [5, 5.41) is 15.7. The Bertz CT molecular complexity index is 639. The Morgan fingerprint density at radius 1 is 1.00 bits per heavy atom. The molecular weight excluding hydrogens is 284 g/mol. The van der Waals surface area contributed by atoms with Crippen molar-refractivity contribution in [2.75, 3.05) is 0 Å². The number of benzene rings is 2. The monoisotopic (exact) mass is 309 g/mol. The van der Waals surface area contributed by atoms with Crippen LogP contribution in [0.2, 0.25) is 0 Å². The molecule has 0 saturated carbocycles. The van der Waals surface area contributed by atoms with E-state index in [1.54, 1.807) is 0 Å². The smallest absolute Gasteiger partial charge is 0.120 e. The Morgan fingerprint density at radius 3 is 2.17 bits per heavy atom. The second-order valence-corrected chi connectivity index (χ2v) is 6.34. The number of rotatable bonds is 4. The van der Waals surface area contributed by atoms with E-state index in [4.69, 9.17) is 0 Å². The number of quaternary nitrogens is 1. The van der Waals surface area contributed by atoms with Crippen molar-refractivity contribution in [3.63, 3.8) is 0 Å². The van der Waals surface area contributed by atoms with Crippen LogP contribution < -0.4 is 5.32 Å². The highest BCUT2D eigenvalue weighted by Crippen LogP contribution is 2.32. The number of oxime groups is 1. The van der Waals surface area contributed by atoms with Gasteiger partial charge in [0.25, 0.3) is 0 Å². The van der Waals surface area contributed by atoms with Crippen molar-refractivity contribution in [2.24, 2.45) is 11.1 Å². The van der Waals surface area contributed by atoms with E-state index in [2.05, 4.69) is 72.0 Å². The molecule has 3 N–H and O–H groups in total.